The van der Waals surface area contributed by atoms with Gasteiger partial charge in [0.15, 0.2) is 5.58 Å². The van der Waals surface area contributed by atoms with Crippen LogP contribution >= 0.6 is 0 Å². The number of fused-ring (bicyclic) bond motifs is 1. The molecular formula is C12H14N4O3. The lowest BCUT2D eigenvalue weighted by Crippen LogP contribution is -2.50. The molecular weight excluding hydrogens is 248 g/mol. The smallest absolute Gasteiger partial charge is 0.298 e. The number of nitrogens with one attached hydrogen (secondary N) is 1. The van der Waals surface area contributed by atoms with E-state index in [1.807, 2.05) is 0 Å². The normalized spacial score (nSPS) is 19.8. The Labute approximate surface area is 109 Å². The quantitative estimate of drug-likeness (QED) is 0.652. The van der Waals surface area contributed by atoms with Crippen LogP contribution in [0.4, 0.5) is 11.7 Å². The average molecular weight is 262 g/mol. The summed E-state index contributed by atoms with van der Waals surface area (Å²) in [4.78, 5) is 16.7. The number of hydrogen-bond acceptors (Lipinski definition) is 6. The van der Waals surface area contributed by atoms with E-state index in [4.69, 9.17) is 4.42 Å². The van der Waals surface area contributed by atoms with Crippen LogP contribution in [0.1, 0.15) is 6.92 Å². The van der Waals surface area contributed by atoms with Gasteiger partial charge < -0.3 is 14.6 Å². The van der Waals surface area contributed by atoms with E-state index in [-0.39, 0.29) is 11.7 Å². The molecule has 0 spiro atoms. The molecule has 0 radical (unpaired) electrons. The summed E-state index contributed by atoms with van der Waals surface area (Å²) in [6.07, 6.45) is 0. The fourth-order valence-corrected chi connectivity index (χ4v) is 2.27. The zero-order valence-corrected chi connectivity index (χ0v) is 10.5. The van der Waals surface area contributed by atoms with Gasteiger partial charge in [0.1, 0.15) is 5.52 Å². The maximum Gasteiger partial charge on any atom is 0.298 e. The molecule has 1 N–H and O–H groups in total. The molecule has 1 aromatic carbocycles. The Morgan fingerprint density at radius 2 is 2.42 bits per heavy atom. The molecule has 1 atom stereocenters. The number of hydrogen-bond donors (Lipinski definition) is 1. The molecule has 0 bridgehead atoms. The predicted molar refractivity (Wildman–Crippen MR) is 70.3 cm³/mol. The maximum absolute atomic E-state index is 10.7. The molecule has 0 aliphatic carbocycles. The SMILES string of the molecule is C[C@@H]1CNCCN1c1nc2cc([N+](=O)[O-])ccc2o1. The van der Waals surface area contributed by atoms with Gasteiger partial charge in [-0.1, -0.05) is 0 Å². The van der Waals surface area contributed by atoms with Crippen molar-refractivity contribution in [3.05, 3.63) is 28.3 Å². The van der Waals surface area contributed by atoms with Crippen LogP contribution in [0.25, 0.3) is 11.1 Å². The van der Waals surface area contributed by atoms with Crippen LogP contribution in [-0.2, 0) is 0 Å². The van der Waals surface area contributed by atoms with Gasteiger partial charge in [0.05, 0.1) is 4.92 Å². The molecule has 7 nitrogen and oxygen atoms in total. The summed E-state index contributed by atoms with van der Waals surface area (Å²) in [6.45, 7) is 4.65. The van der Waals surface area contributed by atoms with Crippen molar-refractivity contribution in [3.8, 4) is 0 Å². The van der Waals surface area contributed by atoms with Gasteiger partial charge in [-0.3, -0.25) is 10.1 Å². The number of nitrogens with zero attached hydrogens (tertiary/aromatic N) is 3. The number of non-ortho nitro benzene ring substituents is 1. The average Bonchev–Trinajstić information content (AvgIpc) is 2.81. The largest absolute Gasteiger partial charge is 0.423 e. The van der Waals surface area contributed by atoms with Crippen molar-refractivity contribution in [1.82, 2.24) is 10.3 Å². The highest BCUT2D eigenvalue weighted by atomic mass is 16.6. The van der Waals surface area contributed by atoms with Crippen LogP contribution in [0.5, 0.6) is 0 Å². The molecule has 1 saturated heterocycles. The third-order valence-corrected chi connectivity index (χ3v) is 3.32. The number of rotatable bonds is 2. The van der Waals surface area contributed by atoms with E-state index in [1.54, 1.807) is 6.07 Å². The van der Waals surface area contributed by atoms with E-state index in [1.165, 1.54) is 12.1 Å². The van der Waals surface area contributed by atoms with Crippen LogP contribution in [0, 0.1) is 10.1 Å². The lowest BCUT2D eigenvalue weighted by Gasteiger charge is -2.32. The predicted octanol–water partition coefficient (Wildman–Crippen LogP) is 1.53. The van der Waals surface area contributed by atoms with Gasteiger partial charge >= 0.3 is 0 Å². The Kier molecular flexibility index (Phi) is 2.83. The molecule has 19 heavy (non-hydrogen) atoms. The number of benzene rings is 1. The third kappa shape index (κ3) is 2.12. The van der Waals surface area contributed by atoms with Gasteiger partial charge in [0.25, 0.3) is 11.7 Å². The minimum atomic E-state index is -0.429. The summed E-state index contributed by atoms with van der Waals surface area (Å²) in [5, 5.41) is 14.0. The van der Waals surface area contributed by atoms with Crippen molar-refractivity contribution in [2.75, 3.05) is 24.5 Å². The van der Waals surface area contributed by atoms with Crippen molar-refractivity contribution >= 4 is 22.8 Å². The summed E-state index contributed by atoms with van der Waals surface area (Å²) in [6, 6.07) is 5.28. The first-order valence-electron chi connectivity index (χ1n) is 6.17. The number of nitro benzene ring substituents is 1. The topological polar surface area (TPSA) is 84.4 Å². The van der Waals surface area contributed by atoms with Gasteiger partial charge in [-0.15, -0.1) is 0 Å². The zero-order valence-electron chi connectivity index (χ0n) is 10.5. The number of oxazole rings is 1. The van der Waals surface area contributed by atoms with E-state index in [9.17, 15) is 10.1 Å². The lowest BCUT2D eigenvalue weighted by molar-refractivity contribution is -0.384. The van der Waals surface area contributed by atoms with Gasteiger partial charge in [-0.05, 0) is 13.0 Å². The van der Waals surface area contributed by atoms with E-state index >= 15 is 0 Å². The maximum atomic E-state index is 10.7. The number of piperazine rings is 1. The summed E-state index contributed by atoms with van der Waals surface area (Å²) in [5.41, 5.74) is 1.13. The lowest BCUT2D eigenvalue weighted by atomic mass is 10.2. The zero-order chi connectivity index (χ0) is 13.4. The van der Waals surface area contributed by atoms with Crippen LogP contribution in [0.3, 0.4) is 0 Å². The van der Waals surface area contributed by atoms with Crippen molar-refractivity contribution in [2.45, 2.75) is 13.0 Å². The summed E-state index contributed by atoms with van der Waals surface area (Å²) in [5.74, 6) is 0. The first-order chi connectivity index (χ1) is 9.15. The number of nitro groups is 1. The van der Waals surface area contributed by atoms with Crippen molar-refractivity contribution in [2.24, 2.45) is 0 Å². The third-order valence-electron chi connectivity index (χ3n) is 3.32. The van der Waals surface area contributed by atoms with Crippen LogP contribution < -0.4 is 10.2 Å². The Morgan fingerprint density at radius 3 is 3.16 bits per heavy atom. The second kappa shape index (κ2) is 4.51. The van der Waals surface area contributed by atoms with Gasteiger partial charge in [0.2, 0.25) is 0 Å². The summed E-state index contributed by atoms with van der Waals surface area (Å²) >= 11 is 0. The molecule has 3 rings (SSSR count). The highest BCUT2D eigenvalue weighted by Gasteiger charge is 2.23. The molecule has 2 aromatic rings. The van der Waals surface area contributed by atoms with Gasteiger partial charge in [-0.25, -0.2) is 0 Å². The van der Waals surface area contributed by atoms with Crippen LogP contribution in [0.2, 0.25) is 0 Å². The van der Waals surface area contributed by atoms with E-state index in [0.29, 0.717) is 17.1 Å². The Hall–Kier alpha value is -2.15. The van der Waals surface area contributed by atoms with E-state index in [0.717, 1.165) is 19.6 Å². The molecule has 0 unspecified atom stereocenters. The molecule has 0 saturated carbocycles. The molecule has 1 aliphatic rings. The van der Waals surface area contributed by atoms with Crippen molar-refractivity contribution in [1.29, 1.82) is 0 Å². The minimum Gasteiger partial charge on any atom is -0.423 e. The fourth-order valence-electron chi connectivity index (χ4n) is 2.27. The summed E-state index contributed by atoms with van der Waals surface area (Å²) in [7, 11) is 0. The molecule has 1 aromatic heterocycles. The fraction of sp³-hybridized carbons (Fsp3) is 0.417. The van der Waals surface area contributed by atoms with E-state index < -0.39 is 4.92 Å². The highest BCUT2D eigenvalue weighted by molar-refractivity contribution is 5.77. The second-order valence-electron chi connectivity index (χ2n) is 4.65. The monoisotopic (exact) mass is 262 g/mol. The van der Waals surface area contributed by atoms with Crippen LogP contribution in [-0.4, -0.2) is 35.6 Å². The number of aromatic nitrogens is 1. The first kappa shape index (κ1) is 11.9. The van der Waals surface area contributed by atoms with Crippen LogP contribution in [0.15, 0.2) is 22.6 Å². The molecule has 1 fully saturated rings. The Bertz CT molecular complexity index is 624. The standard InChI is InChI=1S/C12H14N4O3/c1-8-7-13-4-5-15(8)12-14-10-6-9(16(17)18)2-3-11(10)19-12/h2-3,6,8,13H,4-5,7H2,1H3/t8-/m1/s1. The van der Waals surface area contributed by atoms with Gasteiger partial charge in [-0.2, -0.15) is 4.98 Å². The molecule has 100 valence electrons. The highest BCUT2D eigenvalue weighted by Crippen LogP contribution is 2.26. The summed E-state index contributed by atoms with van der Waals surface area (Å²) < 4.78 is 5.68. The molecule has 1 aliphatic heterocycles. The first-order valence-corrected chi connectivity index (χ1v) is 6.17. The Morgan fingerprint density at radius 1 is 1.58 bits per heavy atom. The van der Waals surface area contributed by atoms with Gasteiger partial charge in [0, 0.05) is 37.8 Å². The molecule has 0 amide bonds. The number of anilines is 1. The van der Waals surface area contributed by atoms with E-state index in [2.05, 4.69) is 22.1 Å². The molecule has 7 heteroatoms. The Balaban J connectivity index is 1.99. The molecule has 2 heterocycles. The van der Waals surface area contributed by atoms with Crippen molar-refractivity contribution in [3.63, 3.8) is 0 Å². The minimum absolute atomic E-state index is 0.0284. The second-order valence-corrected chi connectivity index (χ2v) is 4.65. The van der Waals surface area contributed by atoms with Crippen molar-refractivity contribution < 1.29 is 9.34 Å².